The van der Waals surface area contributed by atoms with E-state index < -0.39 is 0 Å². The van der Waals surface area contributed by atoms with Crippen LogP contribution < -0.4 is 5.32 Å². The van der Waals surface area contributed by atoms with E-state index in [4.69, 9.17) is 5.11 Å². The third-order valence-electron chi connectivity index (χ3n) is 3.07. The van der Waals surface area contributed by atoms with Gasteiger partial charge in [0.1, 0.15) is 0 Å². The van der Waals surface area contributed by atoms with Crippen LogP contribution in [0.3, 0.4) is 0 Å². The van der Waals surface area contributed by atoms with Crippen LogP contribution in [-0.4, -0.2) is 48.2 Å². The van der Waals surface area contributed by atoms with E-state index in [2.05, 4.69) is 18.8 Å². The molecule has 2 atom stereocenters. The number of hydrogen-bond donors (Lipinski definition) is 2. The number of carbonyl (C=O) groups excluding carboxylic acids is 1. The Bertz CT molecular complexity index is 243. The van der Waals surface area contributed by atoms with E-state index in [0.717, 1.165) is 19.4 Å². The van der Waals surface area contributed by atoms with E-state index >= 15 is 0 Å². The lowest BCUT2D eigenvalue weighted by molar-refractivity contribution is -0.135. The molecule has 1 aliphatic heterocycles. The van der Waals surface area contributed by atoms with Crippen molar-refractivity contribution in [2.45, 2.75) is 25.8 Å². The standard InChI is InChI=1S/C12H22N2O2/c1-3-7-14(8-9-15)12(16)11-10(2)5-4-6-13-11/h3,10-11,13,15H,1,4-9H2,2H3. The summed E-state index contributed by atoms with van der Waals surface area (Å²) in [6.45, 7) is 7.52. The Morgan fingerprint density at radius 3 is 3.00 bits per heavy atom. The predicted octanol–water partition coefficient (Wildman–Crippen LogP) is 0.381. The van der Waals surface area contributed by atoms with Crippen molar-refractivity contribution < 1.29 is 9.90 Å². The molecule has 0 spiro atoms. The molecule has 16 heavy (non-hydrogen) atoms. The average Bonchev–Trinajstić information content (AvgIpc) is 2.28. The first-order chi connectivity index (χ1) is 7.70. The van der Waals surface area contributed by atoms with Crippen molar-refractivity contribution in [1.82, 2.24) is 10.2 Å². The lowest BCUT2D eigenvalue weighted by Crippen LogP contribution is -2.52. The molecule has 1 aliphatic rings. The van der Waals surface area contributed by atoms with Gasteiger partial charge in [-0.15, -0.1) is 6.58 Å². The number of amides is 1. The highest BCUT2D eigenvalue weighted by Crippen LogP contribution is 2.17. The second kappa shape index (κ2) is 6.66. The van der Waals surface area contributed by atoms with Crippen molar-refractivity contribution in [2.75, 3.05) is 26.2 Å². The van der Waals surface area contributed by atoms with Gasteiger partial charge in [0, 0.05) is 13.1 Å². The molecule has 4 heteroatoms. The zero-order valence-corrected chi connectivity index (χ0v) is 9.98. The molecule has 0 aromatic heterocycles. The molecule has 92 valence electrons. The molecule has 0 aliphatic carbocycles. The van der Waals surface area contributed by atoms with E-state index in [-0.39, 0.29) is 18.6 Å². The molecular formula is C12H22N2O2. The minimum atomic E-state index is -0.0970. The van der Waals surface area contributed by atoms with Crippen LogP contribution in [0.1, 0.15) is 19.8 Å². The molecule has 0 bridgehead atoms. The van der Waals surface area contributed by atoms with Gasteiger partial charge in [-0.05, 0) is 25.3 Å². The molecule has 1 saturated heterocycles. The molecule has 1 amide bonds. The lowest BCUT2D eigenvalue weighted by Gasteiger charge is -2.33. The zero-order valence-electron chi connectivity index (χ0n) is 9.98. The number of nitrogens with zero attached hydrogens (tertiary/aromatic N) is 1. The van der Waals surface area contributed by atoms with Gasteiger partial charge in [-0.25, -0.2) is 0 Å². The fraction of sp³-hybridized carbons (Fsp3) is 0.750. The fourth-order valence-electron chi connectivity index (χ4n) is 2.14. The highest BCUT2D eigenvalue weighted by Gasteiger charge is 2.30. The molecular weight excluding hydrogens is 204 g/mol. The third kappa shape index (κ3) is 3.32. The molecule has 0 radical (unpaired) electrons. The van der Waals surface area contributed by atoms with Gasteiger partial charge in [0.2, 0.25) is 5.91 Å². The van der Waals surface area contributed by atoms with Crippen molar-refractivity contribution in [3.05, 3.63) is 12.7 Å². The molecule has 0 saturated carbocycles. The SMILES string of the molecule is C=CCN(CCO)C(=O)C1NCCCC1C. The molecule has 2 N–H and O–H groups in total. The van der Waals surface area contributed by atoms with Crippen molar-refractivity contribution >= 4 is 5.91 Å². The summed E-state index contributed by atoms with van der Waals surface area (Å²) >= 11 is 0. The first-order valence-corrected chi connectivity index (χ1v) is 5.94. The van der Waals surface area contributed by atoms with Crippen molar-refractivity contribution in [3.63, 3.8) is 0 Å². The monoisotopic (exact) mass is 226 g/mol. The lowest BCUT2D eigenvalue weighted by atomic mass is 9.92. The number of hydrogen-bond acceptors (Lipinski definition) is 3. The normalized spacial score (nSPS) is 25.1. The second-order valence-electron chi connectivity index (χ2n) is 4.35. The van der Waals surface area contributed by atoms with Crippen LogP contribution in [0.5, 0.6) is 0 Å². The van der Waals surface area contributed by atoms with E-state index in [0.29, 0.717) is 19.0 Å². The summed E-state index contributed by atoms with van der Waals surface area (Å²) in [6.07, 6.45) is 3.91. The van der Waals surface area contributed by atoms with Gasteiger partial charge in [-0.2, -0.15) is 0 Å². The van der Waals surface area contributed by atoms with Gasteiger partial charge in [-0.3, -0.25) is 4.79 Å². The van der Waals surface area contributed by atoms with Crippen molar-refractivity contribution in [2.24, 2.45) is 5.92 Å². The van der Waals surface area contributed by atoms with E-state index in [1.54, 1.807) is 11.0 Å². The number of aliphatic hydroxyl groups excluding tert-OH is 1. The number of carbonyl (C=O) groups is 1. The molecule has 0 aromatic rings. The van der Waals surface area contributed by atoms with Crippen LogP contribution in [0.4, 0.5) is 0 Å². The Hall–Kier alpha value is -0.870. The first-order valence-electron chi connectivity index (χ1n) is 5.94. The summed E-state index contributed by atoms with van der Waals surface area (Å²) in [4.78, 5) is 13.9. The summed E-state index contributed by atoms with van der Waals surface area (Å²) in [6, 6.07) is -0.0970. The predicted molar refractivity (Wildman–Crippen MR) is 64.1 cm³/mol. The third-order valence-corrected chi connectivity index (χ3v) is 3.07. The number of rotatable bonds is 5. The van der Waals surface area contributed by atoms with Crippen molar-refractivity contribution in [1.29, 1.82) is 0 Å². The fourth-order valence-corrected chi connectivity index (χ4v) is 2.14. The van der Waals surface area contributed by atoms with Gasteiger partial charge < -0.3 is 15.3 Å². The molecule has 1 fully saturated rings. The van der Waals surface area contributed by atoms with Gasteiger partial charge >= 0.3 is 0 Å². The maximum Gasteiger partial charge on any atom is 0.240 e. The van der Waals surface area contributed by atoms with Crippen LogP contribution in [-0.2, 0) is 4.79 Å². The summed E-state index contributed by atoms with van der Waals surface area (Å²) in [5.74, 6) is 0.452. The second-order valence-corrected chi connectivity index (χ2v) is 4.35. The van der Waals surface area contributed by atoms with Gasteiger partial charge in [0.15, 0.2) is 0 Å². The molecule has 1 rings (SSSR count). The average molecular weight is 226 g/mol. The highest BCUT2D eigenvalue weighted by molar-refractivity contribution is 5.82. The van der Waals surface area contributed by atoms with Crippen molar-refractivity contribution in [3.8, 4) is 0 Å². The van der Waals surface area contributed by atoms with E-state index in [1.165, 1.54) is 0 Å². The molecule has 4 nitrogen and oxygen atoms in total. The van der Waals surface area contributed by atoms with Gasteiger partial charge in [0.05, 0.1) is 12.6 Å². The smallest absolute Gasteiger partial charge is 0.240 e. The molecule has 2 unspecified atom stereocenters. The summed E-state index contributed by atoms with van der Waals surface area (Å²) in [5.41, 5.74) is 0. The molecule has 0 aromatic carbocycles. The van der Waals surface area contributed by atoms with Gasteiger partial charge in [0.25, 0.3) is 0 Å². The maximum atomic E-state index is 12.2. The number of piperidine rings is 1. The summed E-state index contributed by atoms with van der Waals surface area (Å²) < 4.78 is 0. The van der Waals surface area contributed by atoms with Crippen LogP contribution in [0, 0.1) is 5.92 Å². The Morgan fingerprint density at radius 1 is 1.69 bits per heavy atom. The maximum absolute atomic E-state index is 12.2. The zero-order chi connectivity index (χ0) is 12.0. The van der Waals surface area contributed by atoms with E-state index in [1.807, 2.05) is 0 Å². The Kier molecular flexibility index (Phi) is 5.49. The minimum Gasteiger partial charge on any atom is -0.395 e. The summed E-state index contributed by atoms with van der Waals surface area (Å²) in [5, 5.41) is 12.2. The van der Waals surface area contributed by atoms with Crippen LogP contribution in [0.25, 0.3) is 0 Å². The van der Waals surface area contributed by atoms with Gasteiger partial charge in [-0.1, -0.05) is 13.0 Å². The topological polar surface area (TPSA) is 52.6 Å². The minimum absolute atomic E-state index is 0.000676. The largest absolute Gasteiger partial charge is 0.395 e. The molecule has 1 heterocycles. The van der Waals surface area contributed by atoms with E-state index in [9.17, 15) is 4.79 Å². The van der Waals surface area contributed by atoms with Crippen LogP contribution in [0.15, 0.2) is 12.7 Å². The highest BCUT2D eigenvalue weighted by atomic mass is 16.3. The Labute approximate surface area is 97.3 Å². The number of aliphatic hydroxyl groups is 1. The number of nitrogens with one attached hydrogen (secondary N) is 1. The Balaban J connectivity index is 2.60. The van der Waals surface area contributed by atoms with Crippen LogP contribution >= 0.6 is 0 Å². The summed E-state index contributed by atoms with van der Waals surface area (Å²) in [7, 11) is 0. The quantitative estimate of drug-likeness (QED) is 0.666. The van der Waals surface area contributed by atoms with Crippen LogP contribution in [0.2, 0.25) is 0 Å². The Morgan fingerprint density at radius 2 is 2.44 bits per heavy atom. The first kappa shape index (κ1) is 13.2.